The van der Waals surface area contributed by atoms with Gasteiger partial charge in [-0.1, -0.05) is 25.9 Å². The molecule has 11 nitrogen and oxygen atoms in total. The Hall–Kier alpha value is -1.77. The van der Waals surface area contributed by atoms with Crippen LogP contribution in [-0.4, -0.2) is 73.7 Å². The number of hydrogen-bond donors (Lipinski definition) is 0. The lowest BCUT2D eigenvalue weighted by atomic mass is 10.2. The summed E-state index contributed by atoms with van der Waals surface area (Å²) < 4.78 is 21.7. The van der Waals surface area contributed by atoms with Gasteiger partial charge in [0.15, 0.2) is 14.1 Å². The van der Waals surface area contributed by atoms with Crippen LogP contribution in [0.4, 0.5) is 5.82 Å². The third-order valence-electron chi connectivity index (χ3n) is 6.27. The van der Waals surface area contributed by atoms with Crippen LogP contribution >= 0.6 is 22.6 Å². The number of fused-ring (bicyclic) bond motifs is 1. The van der Waals surface area contributed by atoms with Crippen molar-refractivity contribution >= 4 is 54.1 Å². The van der Waals surface area contributed by atoms with Crippen LogP contribution in [0.5, 0.6) is 0 Å². The summed E-state index contributed by atoms with van der Waals surface area (Å²) >= 11 is 2.27. The number of azide groups is 1. The quantitative estimate of drug-likeness (QED) is 0.0740. The highest BCUT2D eigenvalue weighted by molar-refractivity contribution is 14.1. The molecule has 3 heterocycles. The number of ether oxygens (including phenoxy) is 2. The molecular formula is C21H33IN8O3Si. The van der Waals surface area contributed by atoms with Crippen molar-refractivity contribution in [3.8, 4) is 0 Å². The standard InChI is InChI=1S/C21H33IN8O3Si/c1-21(2,3)34(6,7)32-10-16-15(31-13-27-28-23)8-17(33-16)30-9-14(22)18-19(26-12-29(4)5)24-11-25-20(18)30/h9,11-12,15-17H,8,10,13H2,1-7H3/b26-12+/t15?,16-,17-/m1/s1. The van der Waals surface area contributed by atoms with E-state index in [1.165, 1.54) is 6.33 Å². The van der Waals surface area contributed by atoms with Crippen LogP contribution in [0, 0.1) is 3.57 Å². The van der Waals surface area contributed by atoms with Crippen molar-refractivity contribution in [1.29, 1.82) is 0 Å². The van der Waals surface area contributed by atoms with E-state index in [-0.39, 0.29) is 30.2 Å². The van der Waals surface area contributed by atoms with Gasteiger partial charge in [0.1, 0.15) is 31.0 Å². The molecule has 3 atom stereocenters. The molecule has 1 aliphatic heterocycles. The van der Waals surface area contributed by atoms with Gasteiger partial charge < -0.3 is 23.4 Å². The van der Waals surface area contributed by atoms with Crippen molar-refractivity contribution in [1.82, 2.24) is 19.4 Å². The Labute approximate surface area is 214 Å². The van der Waals surface area contributed by atoms with E-state index in [1.807, 2.05) is 29.8 Å². The average Bonchev–Trinajstić information content (AvgIpc) is 3.31. The summed E-state index contributed by atoms with van der Waals surface area (Å²) in [7, 11) is 1.85. The number of hydrogen-bond acceptors (Lipinski definition) is 7. The second kappa shape index (κ2) is 10.9. The smallest absolute Gasteiger partial charge is 0.192 e. The van der Waals surface area contributed by atoms with Gasteiger partial charge in [-0.2, -0.15) is 0 Å². The van der Waals surface area contributed by atoms with Crippen molar-refractivity contribution < 1.29 is 13.9 Å². The van der Waals surface area contributed by atoms with Crippen LogP contribution in [0.15, 0.2) is 22.6 Å². The summed E-state index contributed by atoms with van der Waals surface area (Å²) in [4.78, 5) is 18.0. The lowest BCUT2D eigenvalue weighted by Gasteiger charge is -2.37. The molecule has 0 aromatic carbocycles. The topological polar surface area (TPSA) is 123 Å². The van der Waals surface area contributed by atoms with Crippen LogP contribution in [0.1, 0.15) is 33.4 Å². The number of aliphatic imine (C=N–C) groups is 1. The molecule has 0 N–H and O–H groups in total. The highest BCUT2D eigenvalue weighted by Crippen LogP contribution is 2.40. The fourth-order valence-corrected chi connectivity index (χ4v) is 5.17. The lowest BCUT2D eigenvalue weighted by molar-refractivity contribution is -0.0568. The highest BCUT2D eigenvalue weighted by atomic mass is 127. The fourth-order valence-electron chi connectivity index (χ4n) is 3.37. The predicted octanol–water partition coefficient (Wildman–Crippen LogP) is 5.22. The first kappa shape index (κ1) is 26.8. The van der Waals surface area contributed by atoms with Crippen LogP contribution in [-0.2, 0) is 13.9 Å². The molecule has 1 fully saturated rings. The van der Waals surface area contributed by atoms with Gasteiger partial charge in [-0.3, -0.25) is 0 Å². The molecule has 34 heavy (non-hydrogen) atoms. The van der Waals surface area contributed by atoms with Crippen molar-refractivity contribution in [2.45, 2.75) is 63.8 Å². The zero-order chi connectivity index (χ0) is 25.1. The summed E-state index contributed by atoms with van der Waals surface area (Å²) in [5.41, 5.74) is 9.40. The maximum absolute atomic E-state index is 8.66. The van der Waals surface area contributed by atoms with Crippen molar-refractivity contribution in [3.05, 3.63) is 26.5 Å². The first-order valence-corrected chi connectivity index (χ1v) is 15.1. The van der Waals surface area contributed by atoms with Crippen molar-refractivity contribution in [3.63, 3.8) is 0 Å². The van der Waals surface area contributed by atoms with Gasteiger partial charge in [0.2, 0.25) is 0 Å². The van der Waals surface area contributed by atoms with Crippen LogP contribution < -0.4 is 0 Å². The SMILES string of the molecule is CN(C)/C=N/c1ncnc2c1c(I)cn2[C@H]1CC(OCN=[N+]=[N-])[C@@H](CO[Si](C)(C)C(C)(C)C)O1. The van der Waals surface area contributed by atoms with Crippen LogP contribution in [0.2, 0.25) is 18.1 Å². The first-order chi connectivity index (χ1) is 15.9. The number of nitrogens with zero attached hydrogens (tertiary/aromatic N) is 8. The van der Waals surface area contributed by atoms with Gasteiger partial charge in [-0.25, -0.2) is 15.0 Å². The Morgan fingerprint density at radius 1 is 1.38 bits per heavy atom. The number of rotatable bonds is 9. The van der Waals surface area contributed by atoms with E-state index in [9.17, 15) is 0 Å². The van der Waals surface area contributed by atoms with Crippen LogP contribution in [0.3, 0.4) is 0 Å². The molecule has 0 aliphatic carbocycles. The predicted molar refractivity (Wildman–Crippen MR) is 143 cm³/mol. The van der Waals surface area contributed by atoms with E-state index >= 15 is 0 Å². The summed E-state index contributed by atoms with van der Waals surface area (Å²) in [5, 5.41) is 4.49. The molecule has 2 aromatic heterocycles. The summed E-state index contributed by atoms with van der Waals surface area (Å²) in [6.45, 7) is 11.4. The zero-order valence-electron chi connectivity index (χ0n) is 20.8. The summed E-state index contributed by atoms with van der Waals surface area (Å²) in [5.74, 6) is 0.605. The Balaban J connectivity index is 1.88. The molecule has 0 spiro atoms. The van der Waals surface area contributed by atoms with E-state index in [0.717, 1.165) is 14.6 Å². The third kappa shape index (κ3) is 6.07. The minimum Gasteiger partial charge on any atom is -0.414 e. The fraction of sp³-hybridized carbons (Fsp3) is 0.667. The maximum Gasteiger partial charge on any atom is 0.192 e. The molecular weight excluding hydrogens is 567 g/mol. The van der Waals surface area contributed by atoms with Gasteiger partial charge in [-0.05, 0) is 46.3 Å². The first-order valence-electron chi connectivity index (χ1n) is 11.1. The summed E-state index contributed by atoms with van der Waals surface area (Å²) in [6.07, 6.45) is 4.93. The van der Waals surface area contributed by atoms with Crippen molar-refractivity contribution in [2.24, 2.45) is 10.1 Å². The Kier molecular flexibility index (Phi) is 8.58. The molecule has 0 saturated carbocycles. The van der Waals surface area contributed by atoms with Gasteiger partial charge in [0.25, 0.3) is 0 Å². The van der Waals surface area contributed by atoms with Crippen LogP contribution in [0.25, 0.3) is 21.5 Å². The van der Waals surface area contributed by atoms with Gasteiger partial charge in [0.05, 0.1) is 24.4 Å². The zero-order valence-corrected chi connectivity index (χ0v) is 23.9. The normalized spacial score (nSPS) is 21.4. The van der Waals surface area contributed by atoms with Gasteiger partial charge in [0, 0.05) is 35.2 Å². The Bertz CT molecular complexity index is 1080. The van der Waals surface area contributed by atoms with E-state index < -0.39 is 8.32 Å². The second-order valence-corrected chi connectivity index (χ2v) is 16.0. The minimum atomic E-state index is -1.97. The maximum atomic E-state index is 8.66. The molecule has 3 rings (SSSR count). The van der Waals surface area contributed by atoms with Gasteiger partial charge in [-0.15, -0.1) is 0 Å². The largest absolute Gasteiger partial charge is 0.414 e. The Morgan fingerprint density at radius 2 is 2.12 bits per heavy atom. The lowest BCUT2D eigenvalue weighted by Crippen LogP contribution is -2.44. The molecule has 1 aliphatic rings. The van der Waals surface area contributed by atoms with Crippen molar-refractivity contribution in [2.75, 3.05) is 27.4 Å². The minimum absolute atomic E-state index is 0.0522. The molecule has 186 valence electrons. The van der Waals surface area contributed by atoms with E-state index in [0.29, 0.717) is 18.8 Å². The number of aromatic nitrogens is 3. The third-order valence-corrected chi connectivity index (χ3v) is 11.6. The molecule has 0 bridgehead atoms. The highest BCUT2D eigenvalue weighted by Gasteiger charge is 2.42. The molecule has 0 amide bonds. The monoisotopic (exact) mass is 600 g/mol. The molecule has 2 aromatic rings. The second-order valence-electron chi connectivity index (χ2n) is 9.99. The molecule has 1 saturated heterocycles. The van der Waals surface area contributed by atoms with E-state index in [1.54, 1.807) is 6.34 Å². The molecule has 1 unspecified atom stereocenters. The Morgan fingerprint density at radius 3 is 2.76 bits per heavy atom. The van der Waals surface area contributed by atoms with E-state index in [2.05, 4.69) is 81.4 Å². The average molecular weight is 601 g/mol. The number of halogens is 1. The summed E-state index contributed by atoms with van der Waals surface area (Å²) in [6, 6.07) is 0. The molecule has 13 heteroatoms. The van der Waals surface area contributed by atoms with E-state index in [4.69, 9.17) is 19.4 Å². The van der Waals surface area contributed by atoms with Gasteiger partial charge >= 0.3 is 0 Å². The molecule has 0 radical (unpaired) electrons.